The summed E-state index contributed by atoms with van der Waals surface area (Å²) >= 11 is 9.39. The lowest BCUT2D eigenvalue weighted by Gasteiger charge is -2.16. The lowest BCUT2D eigenvalue weighted by atomic mass is 10.00. The molecule has 1 aromatic rings. The van der Waals surface area contributed by atoms with Gasteiger partial charge in [-0.2, -0.15) is 0 Å². The van der Waals surface area contributed by atoms with Crippen molar-refractivity contribution >= 4 is 38.8 Å². The van der Waals surface area contributed by atoms with Gasteiger partial charge in [-0.25, -0.2) is 0 Å². The number of ether oxygens (including phenoxy) is 1. The molecule has 0 unspecified atom stereocenters. The van der Waals surface area contributed by atoms with E-state index in [2.05, 4.69) is 22.0 Å². The number of hydrogen-bond donors (Lipinski definition) is 1. The predicted molar refractivity (Wildman–Crippen MR) is 67.0 cm³/mol. The summed E-state index contributed by atoms with van der Waals surface area (Å²) in [6, 6.07) is 3.74. The molecule has 0 radical (unpaired) electrons. The second kappa shape index (κ2) is 4.56. The molecule has 2 nitrogen and oxygen atoms in total. The molecule has 4 heteroatoms. The molecule has 0 amide bonds. The van der Waals surface area contributed by atoms with Crippen molar-refractivity contribution < 1.29 is 4.74 Å². The summed E-state index contributed by atoms with van der Waals surface area (Å²) in [5.41, 5.74) is 8.94. The Labute approximate surface area is 102 Å². The average Bonchev–Trinajstić information content (AvgIpc) is 2.25. The fourth-order valence-corrected chi connectivity index (χ4v) is 2.14. The Kier molecular flexibility index (Phi) is 3.34. The van der Waals surface area contributed by atoms with Crippen molar-refractivity contribution in [3.63, 3.8) is 0 Å². The molecule has 1 aromatic carbocycles. The lowest BCUT2D eigenvalue weighted by Crippen LogP contribution is -2.05. The molecule has 1 aliphatic heterocycles. The van der Waals surface area contributed by atoms with Crippen molar-refractivity contribution in [3.05, 3.63) is 33.3 Å². The van der Waals surface area contributed by atoms with Crippen LogP contribution in [0.2, 0.25) is 5.02 Å². The van der Waals surface area contributed by atoms with Gasteiger partial charge < -0.3 is 10.5 Å². The molecule has 0 saturated carbocycles. The van der Waals surface area contributed by atoms with Crippen molar-refractivity contribution in [2.75, 3.05) is 18.9 Å². The highest BCUT2D eigenvalue weighted by Crippen LogP contribution is 2.33. The number of anilines is 1. The molecular weight excluding hydrogens is 277 g/mol. The summed E-state index contributed by atoms with van der Waals surface area (Å²) in [6.07, 6.45) is 2.95. The summed E-state index contributed by atoms with van der Waals surface area (Å²) in [4.78, 5) is 0. The molecular formula is C11H11BrClNO. The Morgan fingerprint density at radius 1 is 1.40 bits per heavy atom. The molecule has 80 valence electrons. The summed E-state index contributed by atoms with van der Waals surface area (Å²) in [5.74, 6) is 0. The SMILES string of the molecule is Nc1cc(Br)c(Cl)cc1C1=CCOCC1. The van der Waals surface area contributed by atoms with Crippen LogP contribution in [0, 0.1) is 0 Å². The second-order valence-corrected chi connectivity index (χ2v) is 4.67. The minimum Gasteiger partial charge on any atom is -0.398 e. The van der Waals surface area contributed by atoms with Gasteiger partial charge in [-0.1, -0.05) is 17.7 Å². The molecule has 1 aliphatic rings. The predicted octanol–water partition coefficient (Wildman–Crippen LogP) is 3.49. The third-order valence-electron chi connectivity index (χ3n) is 2.40. The van der Waals surface area contributed by atoms with E-state index in [0.29, 0.717) is 11.6 Å². The minimum atomic E-state index is 0.655. The first-order chi connectivity index (χ1) is 7.18. The number of benzene rings is 1. The topological polar surface area (TPSA) is 35.2 Å². The molecule has 2 rings (SSSR count). The van der Waals surface area contributed by atoms with Crippen LogP contribution in [0.25, 0.3) is 5.57 Å². The summed E-state index contributed by atoms with van der Waals surface area (Å²) in [7, 11) is 0. The molecule has 0 aromatic heterocycles. The van der Waals surface area contributed by atoms with Crippen molar-refractivity contribution in [3.8, 4) is 0 Å². The van der Waals surface area contributed by atoms with E-state index in [-0.39, 0.29) is 0 Å². The van der Waals surface area contributed by atoms with E-state index >= 15 is 0 Å². The number of nitrogen functional groups attached to an aromatic ring is 1. The van der Waals surface area contributed by atoms with Gasteiger partial charge in [-0.15, -0.1) is 0 Å². The van der Waals surface area contributed by atoms with Gasteiger partial charge in [0.15, 0.2) is 0 Å². The van der Waals surface area contributed by atoms with Gasteiger partial charge in [-0.3, -0.25) is 0 Å². The molecule has 1 heterocycles. The number of halogens is 2. The fourth-order valence-electron chi connectivity index (χ4n) is 1.61. The van der Waals surface area contributed by atoms with Crippen LogP contribution < -0.4 is 5.73 Å². The fraction of sp³-hybridized carbons (Fsp3) is 0.273. The third kappa shape index (κ3) is 2.36. The van der Waals surface area contributed by atoms with Gasteiger partial charge in [-0.05, 0) is 40.1 Å². The molecule has 0 bridgehead atoms. The zero-order valence-corrected chi connectivity index (χ0v) is 10.4. The Balaban J connectivity index is 2.43. The van der Waals surface area contributed by atoms with Crippen LogP contribution in [-0.2, 0) is 4.74 Å². The van der Waals surface area contributed by atoms with Crippen molar-refractivity contribution in [1.82, 2.24) is 0 Å². The van der Waals surface area contributed by atoms with Gasteiger partial charge in [0.1, 0.15) is 0 Å². The third-order valence-corrected chi connectivity index (χ3v) is 3.60. The van der Waals surface area contributed by atoms with E-state index in [1.165, 1.54) is 5.57 Å². The van der Waals surface area contributed by atoms with Gasteiger partial charge in [0.2, 0.25) is 0 Å². The number of nitrogens with two attached hydrogens (primary N) is 1. The van der Waals surface area contributed by atoms with E-state index in [0.717, 1.165) is 28.8 Å². The van der Waals surface area contributed by atoms with Crippen molar-refractivity contribution in [2.45, 2.75) is 6.42 Å². The summed E-state index contributed by atoms with van der Waals surface area (Å²) < 4.78 is 6.09. The van der Waals surface area contributed by atoms with Gasteiger partial charge in [0.05, 0.1) is 18.2 Å². The van der Waals surface area contributed by atoms with Crippen LogP contribution in [0.15, 0.2) is 22.7 Å². The maximum atomic E-state index is 6.04. The minimum absolute atomic E-state index is 0.655. The molecule has 0 spiro atoms. The van der Waals surface area contributed by atoms with Gasteiger partial charge in [0, 0.05) is 15.7 Å². The van der Waals surface area contributed by atoms with Crippen LogP contribution in [0.4, 0.5) is 5.69 Å². The average molecular weight is 289 g/mol. The Morgan fingerprint density at radius 3 is 2.87 bits per heavy atom. The van der Waals surface area contributed by atoms with Crippen LogP contribution in [0.5, 0.6) is 0 Å². The maximum Gasteiger partial charge on any atom is 0.0653 e. The van der Waals surface area contributed by atoms with E-state index < -0.39 is 0 Å². The highest BCUT2D eigenvalue weighted by molar-refractivity contribution is 9.10. The molecule has 15 heavy (non-hydrogen) atoms. The first-order valence-corrected chi connectivity index (χ1v) is 5.87. The summed E-state index contributed by atoms with van der Waals surface area (Å²) in [6.45, 7) is 1.40. The maximum absolute atomic E-state index is 6.04. The normalized spacial score (nSPS) is 16.3. The van der Waals surface area contributed by atoms with E-state index in [4.69, 9.17) is 22.1 Å². The van der Waals surface area contributed by atoms with E-state index in [9.17, 15) is 0 Å². The highest BCUT2D eigenvalue weighted by atomic mass is 79.9. The van der Waals surface area contributed by atoms with Gasteiger partial charge >= 0.3 is 0 Å². The largest absolute Gasteiger partial charge is 0.398 e. The van der Waals surface area contributed by atoms with E-state index in [1.54, 1.807) is 0 Å². The molecule has 0 fully saturated rings. The van der Waals surface area contributed by atoms with Crippen LogP contribution >= 0.6 is 27.5 Å². The smallest absolute Gasteiger partial charge is 0.0653 e. The summed E-state index contributed by atoms with van der Waals surface area (Å²) in [5, 5.41) is 0.687. The van der Waals surface area contributed by atoms with Gasteiger partial charge in [0.25, 0.3) is 0 Å². The van der Waals surface area contributed by atoms with Crippen molar-refractivity contribution in [1.29, 1.82) is 0 Å². The van der Waals surface area contributed by atoms with E-state index in [1.807, 2.05) is 12.1 Å². The second-order valence-electron chi connectivity index (χ2n) is 3.41. The molecule has 0 aliphatic carbocycles. The Morgan fingerprint density at radius 2 is 2.20 bits per heavy atom. The standard InChI is InChI=1S/C11H11BrClNO/c12-9-6-11(14)8(5-10(9)13)7-1-3-15-4-2-7/h1,5-6H,2-4,14H2. The number of hydrogen-bond acceptors (Lipinski definition) is 2. The number of rotatable bonds is 1. The first-order valence-electron chi connectivity index (χ1n) is 4.70. The highest BCUT2D eigenvalue weighted by Gasteiger charge is 2.11. The molecule has 0 atom stereocenters. The van der Waals surface area contributed by atoms with Crippen LogP contribution in [0.3, 0.4) is 0 Å². The van der Waals surface area contributed by atoms with Crippen LogP contribution in [-0.4, -0.2) is 13.2 Å². The monoisotopic (exact) mass is 287 g/mol. The Bertz CT molecular complexity index is 417. The Hall–Kier alpha value is -0.510. The molecule has 0 saturated heterocycles. The molecule has 2 N–H and O–H groups in total. The lowest BCUT2D eigenvalue weighted by molar-refractivity contribution is 0.161. The zero-order chi connectivity index (χ0) is 10.8. The van der Waals surface area contributed by atoms with Crippen molar-refractivity contribution in [2.24, 2.45) is 0 Å². The van der Waals surface area contributed by atoms with Crippen LogP contribution in [0.1, 0.15) is 12.0 Å². The zero-order valence-electron chi connectivity index (χ0n) is 8.09. The first kappa shape index (κ1) is 11.0. The quantitative estimate of drug-likeness (QED) is 0.803.